The Morgan fingerprint density at radius 3 is 2.41 bits per heavy atom. The van der Waals surface area contributed by atoms with E-state index in [1.807, 2.05) is 0 Å². The van der Waals surface area contributed by atoms with Crippen molar-refractivity contribution in [3.05, 3.63) is 56.5 Å². The minimum atomic E-state index is -0.749. The van der Waals surface area contributed by atoms with Gasteiger partial charge in [-0.05, 0) is 57.9 Å². The van der Waals surface area contributed by atoms with Crippen LogP contribution in [0.25, 0.3) is 16.9 Å². The van der Waals surface area contributed by atoms with Gasteiger partial charge in [-0.2, -0.15) is 0 Å². The van der Waals surface area contributed by atoms with Crippen LogP contribution in [-0.2, 0) is 16.3 Å². The molecule has 0 radical (unpaired) electrons. The van der Waals surface area contributed by atoms with Gasteiger partial charge in [0.2, 0.25) is 0 Å². The number of halogens is 1. The molecular formula is C23H27ClN4O4. The molecule has 32 heavy (non-hydrogen) atoms. The van der Waals surface area contributed by atoms with E-state index in [4.69, 9.17) is 16.3 Å². The van der Waals surface area contributed by atoms with Gasteiger partial charge in [-0.1, -0.05) is 30.9 Å². The first kappa shape index (κ1) is 22.3. The van der Waals surface area contributed by atoms with Gasteiger partial charge in [0, 0.05) is 16.8 Å². The molecule has 1 aliphatic carbocycles. The van der Waals surface area contributed by atoms with Crippen LogP contribution in [0.3, 0.4) is 0 Å². The van der Waals surface area contributed by atoms with Crippen LogP contribution in [0.2, 0.25) is 5.02 Å². The van der Waals surface area contributed by atoms with Crippen molar-refractivity contribution in [3.63, 3.8) is 0 Å². The first-order valence-electron chi connectivity index (χ1n) is 10.8. The molecule has 0 unspecified atom stereocenters. The topological polar surface area (TPSA) is 88.1 Å². The minimum Gasteiger partial charge on any atom is -0.443 e. The van der Waals surface area contributed by atoms with E-state index < -0.39 is 29.4 Å². The molecule has 4 rings (SSSR count). The van der Waals surface area contributed by atoms with Gasteiger partial charge in [-0.3, -0.25) is 18.7 Å². The summed E-state index contributed by atoms with van der Waals surface area (Å²) in [5, 5.41) is 0.573. The second kappa shape index (κ2) is 8.58. The summed E-state index contributed by atoms with van der Waals surface area (Å²) >= 11 is 6.02. The first-order valence-corrected chi connectivity index (χ1v) is 11.2. The predicted molar refractivity (Wildman–Crippen MR) is 122 cm³/mol. The summed E-state index contributed by atoms with van der Waals surface area (Å²) in [5.74, 6) is -0.487. The lowest BCUT2D eigenvalue weighted by Crippen LogP contribution is -2.43. The number of imidazole rings is 1. The molecule has 0 N–H and O–H groups in total. The van der Waals surface area contributed by atoms with Gasteiger partial charge in [0.25, 0.3) is 5.56 Å². The highest BCUT2D eigenvalue weighted by Gasteiger charge is 2.27. The molecule has 1 aromatic carbocycles. The molecule has 9 heteroatoms. The van der Waals surface area contributed by atoms with E-state index in [0.29, 0.717) is 16.4 Å². The molecule has 2 heterocycles. The third-order valence-electron chi connectivity index (χ3n) is 5.84. The molecule has 3 aromatic rings. The summed E-state index contributed by atoms with van der Waals surface area (Å²) in [6.45, 7) is 4.72. The van der Waals surface area contributed by atoms with E-state index in [-0.39, 0.29) is 11.6 Å². The van der Waals surface area contributed by atoms with Crippen LogP contribution in [0.4, 0.5) is 0 Å². The van der Waals surface area contributed by atoms with Gasteiger partial charge in [0.1, 0.15) is 6.33 Å². The smallest absolute Gasteiger partial charge is 0.335 e. The van der Waals surface area contributed by atoms with Crippen molar-refractivity contribution in [2.24, 2.45) is 5.41 Å². The number of aromatic nitrogens is 4. The maximum atomic E-state index is 13.4. The largest absolute Gasteiger partial charge is 0.443 e. The molecule has 0 amide bonds. The zero-order valence-corrected chi connectivity index (χ0v) is 19.3. The SMILES string of the molecule is CC(C)(C)C(=O)OCn1c(=O)c2c(ncn2-c2ccc(Cl)cc2)n(C2CCCCC2)c1=O. The maximum absolute atomic E-state index is 13.4. The van der Waals surface area contributed by atoms with E-state index in [9.17, 15) is 14.4 Å². The van der Waals surface area contributed by atoms with Gasteiger partial charge in [-0.25, -0.2) is 14.3 Å². The Morgan fingerprint density at radius 2 is 1.78 bits per heavy atom. The highest BCUT2D eigenvalue weighted by Crippen LogP contribution is 2.29. The predicted octanol–water partition coefficient (Wildman–Crippen LogP) is 4.05. The number of carbonyl (C=O) groups excluding carboxylic acids is 1. The second-order valence-electron chi connectivity index (χ2n) is 9.25. The van der Waals surface area contributed by atoms with Crippen LogP contribution < -0.4 is 11.2 Å². The third-order valence-corrected chi connectivity index (χ3v) is 6.09. The van der Waals surface area contributed by atoms with Gasteiger partial charge in [-0.15, -0.1) is 0 Å². The van der Waals surface area contributed by atoms with Crippen LogP contribution in [0.15, 0.2) is 40.2 Å². The van der Waals surface area contributed by atoms with Crippen molar-refractivity contribution >= 4 is 28.7 Å². The van der Waals surface area contributed by atoms with E-state index in [1.165, 1.54) is 0 Å². The van der Waals surface area contributed by atoms with Crippen molar-refractivity contribution < 1.29 is 9.53 Å². The Balaban J connectivity index is 1.91. The summed E-state index contributed by atoms with van der Waals surface area (Å²) in [7, 11) is 0. The standard InChI is InChI=1S/C23H27ClN4O4/c1-23(2,3)21(30)32-14-27-20(29)18-19(28(22(27)31)17-7-5-4-6-8-17)25-13-26(18)16-11-9-15(24)10-12-16/h9-13,17H,4-8,14H2,1-3H3. The van der Waals surface area contributed by atoms with E-state index >= 15 is 0 Å². The van der Waals surface area contributed by atoms with Gasteiger partial charge >= 0.3 is 11.7 Å². The Bertz CT molecular complexity index is 1260. The normalized spacial score (nSPS) is 15.2. The highest BCUT2D eigenvalue weighted by molar-refractivity contribution is 6.30. The molecule has 0 saturated heterocycles. The number of carbonyl (C=O) groups is 1. The quantitative estimate of drug-likeness (QED) is 0.550. The lowest BCUT2D eigenvalue weighted by atomic mass is 9.95. The monoisotopic (exact) mass is 458 g/mol. The number of hydrogen-bond donors (Lipinski definition) is 0. The molecule has 0 atom stereocenters. The zero-order valence-electron chi connectivity index (χ0n) is 18.5. The molecular weight excluding hydrogens is 432 g/mol. The molecule has 0 aliphatic heterocycles. The van der Waals surface area contributed by atoms with Crippen molar-refractivity contribution in [2.45, 2.75) is 65.6 Å². The van der Waals surface area contributed by atoms with Crippen LogP contribution in [0.1, 0.15) is 58.9 Å². The van der Waals surface area contributed by atoms with Crippen molar-refractivity contribution in [1.29, 1.82) is 0 Å². The first-order chi connectivity index (χ1) is 15.2. The average Bonchev–Trinajstić information content (AvgIpc) is 3.19. The Hall–Kier alpha value is -2.87. The lowest BCUT2D eigenvalue weighted by molar-refractivity contribution is -0.157. The number of esters is 1. The lowest BCUT2D eigenvalue weighted by Gasteiger charge is -2.25. The number of ether oxygens (including phenoxy) is 1. The molecule has 2 aromatic heterocycles. The van der Waals surface area contributed by atoms with Gasteiger partial charge in [0.05, 0.1) is 5.41 Å². The van der Waals surface area contributed by atoms with Crippen molar-refractivity contribution in [3.8, 4) is 5.69 Å². The molecule has 1 aliphatic rings. The number of nitrogens with zero attached hydrogens (tertiary/aromatic N) is 4. The third kappa shape index (κ3) is 4.11. The Morgan fingerprint density at radius 1 is 1.12 bits per heavy atom. The summed E-state index contributed by atoms with van der Waals surface area (Å²) in [6.07, 6.45) is 6.35. The van der Waals surface area contributed by atoms with Gasteiger partial charge < -0.3 is 4.74 Å². The summed E-state index contributed by atoms with van der Waals surface area (Å²) in [6, 6.07) is 6.95. The summed E-state index contributed by atoms with van der Waals surface area (Å²) in [4.78, 5) is 43.6. The minimum absolute atomic E-state index is 0.0579. The Labute approximate surface area is 190 Å². The maximum Gasteiger partial charge on any atom is 0.335 e. The van der Waals surface area contributed by atoms with E-state index in [0.717, 1.165) is 36.7 Å². The molecule has 0 bridgehead atoms. The fourth-order valence-electron chi connectivity index (χ4n) is 4.07. The van der Waals surface area contributed by atoms with Crippen LogP contribution >= 0.6 is 11.6 Å². The number of rotatable bonds is 4. The Kier molecular flexibility index (Phi) is 5.99. The fraction of sp³-hybridized carbons (Fsp3) is 0.478. The van der Waals surface area contributed by atoms with E-state index in [2.05, 4.69) is 4.98 Å². The summed E-state index contributed by atoms with van der Waals surface area (Å²) in [5.41, 5.74) is -0.490. The number of fused-ring (bicyclic) bond motifs is 1. The second-order valence-corrected chi connectivity index (χ2v) is 9.69. The zero-order chi connectivity index (χ0) is 23.0. The van der Waals surface area contributed by atoms with Gasteiger partial charge in [0.15, 0.2) is 17.9 Å². The molecule has 1 fully saturated rings. The fourth-order valence-corrected chi connectivity index (χ4v) is 4.19. The average molecular weight is 459 g/mol. The molecule has 8 nitrogen and oxygen atoms in total. The van der Waals surface area contributed by atoms with E-state index in [1.54, 1.807) is 60.5 Å². The number of hydrogen-bond acceptors (Lipinski definition) is 5. The molecule has 1 saturated carbocycles. The molecule has 0 spiro atoms. The van der Waals surface area contributed by atoms with Crippen LogP contribution in [0, 0.1) is 5.41 Å². The van der Waals surface area contributed by atoms with Crippen molar-refractivity contribution in [2.75, 3.05) is 0 Å². The van der Waals surface area contributed by atoms with Crippen LogP contribution in [0.5, 0.6) is 0 Å². The molecule has 170 valence electrons. The number of benzene rings is 1. The van der Waals surface area contributed by atoms with Crippen molar-refractivity contribution in [1.82, 2.24) is 18.7 Å². The highest BCUT2D eigenvalue weighted by atomic mass is 35.5. The van der Waals surface area contributed by atoms with Crippen LogP contribution in [-0.4, -0.2) is 24.7 Å². The summed E-state index contributed by atoms with van der Waals surface area (Å²) < 4.78 is 9.59.